The number of carbonyl (C=O) groups excluding carboxylic acids is 1. The van der Waals surface area contributed by atoms with Crippen LogP contribution in [0.5, 0.6) is 0 Å². The van der Waals surface area contributed by atoms with Crippen molar-refractivity contribution < 1.29 is 4.79 Å². The van der Waals surface area contributed by atoms with Gasteiger partial charge in [0.25, 0.3) is 0 Å². The van der Waals surface area contributed by atoms with Gasteiger partial charge in [0.2, 0.25) is 5.95 Å². The first kappa shape index (κ1) is 19.6. The molecule has 0 spiro atoms. The fraction of sp³-hybridized carbons (Fsp3) is 0.273. The largest absolute Gasteiger partial charge is 0.338 e. The molecule has 9 heteroatoms. The molecule has 31 heavy (non-hydrogen) atoms. The molecule has 4 aromatic rings. The first-order chi connectivity index (χ1) is 15.2. The van der Waals surface area contributed by atoms with E-state index in [2.05, 4.69) is 20.4 Å². The van der Waals surface area contributed by atoms with Crippen molar-refractivity contribution in [3.05, 3.63) is 53.6 Å². The van der Waals surface area contributed by atoms with Crippen LogP contribution in [-0.2, 0) is 0 Å². The number of rotatable bonds is 3. The second-order valence-electron chi connectivity index (χ2n) is 7.43. The molecule has 0 atom stereocenters. The molecule has 1 fully saturated rings. The second kappa shape index (κ2) is 8.03. The van der Waals surface area contributed by atoms with E-state index in [1.807, 2.05) is 64.8 Å². The molecule has 5 rings (SSSR count). The number of aromatic nitrogens is 4. The zero-order chi connectivity index (χ0) is 21.4. The van der Waals surface area contributed by atoms with Gasteiger partial charge in [0, 0.05) is 48.7 Å². The lowest BCUT2D eigenvalue weighted by atomic mass is 10.2. The molecule has 0 unspecified atom stereocenters. The van der Waals surface area contributed by atoms with Gasteiger partial charge in [-0.25, -0.2) is 14.2 Å². The van der Waals surface area contributed by atoms with Gasteiger partial charge >= 0.3 is 6.03 Å². The summed E-state index contributed by atoms with van der Waals surface area (Å²) in [6.07, 6.45) is 0. The Balaban J connectivity index is 1.62. The third-order valence-corrected chi connectivity index (χ3v) is 5.73. The van der Waals surface area contributed by atoms with Gasteiger partial charge < -0.3 is 15.1 Å². The van der Waals surface area contributed by atoms with Crippen LogP contribution in [0.15, 0.2) is 48.5 Å². The van der Waals surface area contributed by atoms with Crippen molar-refractivity contribution in [2.75, 3.05) is 37.6 Å². The quantitative estimate of drug-likeness (QED) is 0.533. The summed E-state index contributed by atoms with van der Waals surface area (Å²) in [6, 6.07) is 15.6. The maximum absolute atomic E-state index is 12.2. The van der Waals surface area contributed by atoms with Crippen molar-refractivity contribution >= 4 is 40.1 Å². The summed E-state index contributed by atoms with van der Waals surface area (Å²) in [5.41, 5.74) is 2.47. The minimum atomic E-state index is -0.0279. The van der Waals surface area contributed by atoms with Crippen molar-refractivity contribution in [3.63, 3.8) is 0 Å². The van der Waals surface area contributed by atoms with Crippen LogP contribution in [0.4, 0.5) is 10.7 Å². The van der Waals surface area contributed by atoms with Crippen LogP contribution in [-0.4, -0.2) is 63.2 Å². The standard InChI is InChI=1S/C22H22ClN7O/c1-2-24-22(31)29-12-10-28(11-13-29)21-25-18-14-16(23)8-9-17(18)20-27-26-19(30(20)21)15-6-4-3-5-7-15/h3-9,14H,2,10-13H2,1H3,(H,24,31). The number of hydrogen-bond donors (Lipinski definition) is 1. The number of halogens is 1. The van der Waals surface area contributed by atoms with Crippen molar-refractivity contribution in [1.82, 2.24) is 29.8 Å². The molecule has 0 bridgehead atoms. The molecule has 1 N–H and O–H groups in total. The molecule has 3 heterocycles. The SMILES string of the molecule is CCNC(=O)N1CCN(c2nc3cc(Cl)ccc3c3nnc(-c4ccccc4)n23)CC1. The van der Waals surface area contributed by atoms with E-state index < -0.39 is 0 Å². The summed E-state index contributed by atoms with van der Waals surface area (Å²) >= 11 is 6.25. The third kappa shape index (κ3) is 3.53. The molecule has 1 aliphatic heterocycles. The van der Waals surface area contributed by atoms with Gasteiger partial charge in [-0.15, -0.1) is 10.2 Å². The first-order valence-corrected chi connectivity index (χ1v) is 10.7. The summed E-state index contributed by atoms with van der Waals surface area (Å²) in [4.78, 5) is 21.2. The number of amides is 2. The molecular weight excluding hydrogens is 414 g/mol. The molecule has 158 valence electrons. The topological polar surface area (TPSA) is 78.7 Å². The molecular formula is C22H22ClN7O. The van der Waals surface area contributed by atoms with Crippen molar-refractivity contribution in [2.24, 2.45) is 0 Å². The Bertz CT molecular complexity index is 1250. The maximum Gasteiger partial charge on any atom is 0.317 e. The number of nitrogens with zero attached hydrogens (tertiary/aromatic N) is 6. The maximum atomic E-state index is 12.2. The fourth-order valence-electron chi connectivity index (χ4n) is 3.95. The van der Waals surface area contributed by atoms with E-state index in [1.54, 1.807) is 0 Å². The molecule has 2 aromatic carbocycles. The Morgan fingerprint density at radius 2 is 1.84 bits per heavy atom. The predicted molar refractivity (Wildman–Crippen MR) is 122 cm³/mol. The minimum Gasteiger partial charge on any atom is -0.338 e. The van der Waals surface area contributed by atoms with Gasteiger partial charge in [0.15, 0.2) is 11.5 Å². The molecule has 8 nitrogen and oxygen atoms in total. The van der Waals surface area contributed by atoms with Crippen molar-refractivity contribution in [1.29, 1.82) is 0 Å². The highest BCUT2D eigenvalue weighted by Crippen LogP contribution is 2.30. The lowest BCUT2D eigenvalue weighted by molar-refractivity contribution is 0.194. The van der Waals surface area contributed by atoms with Crippen LogP contribution in [0.3, 0.4) is 0 Å². The Kier molecular flexibility index (Phi) is 5.07. The Morgan fingerprint density at radius 3 is 2.58 bits per heavy atom. The third-order valence-electron chi connectivity index (χ3n) is 5.49. The highest BCUT2D eigenvalue weighted by atomic mass is 35.5. The van der Waals surface area contributed by atoms with E-state index >= 15 is 0 Å². The highest BCUT2D eigenvalue weighted by Gasteiger charge is 2.25. The minimum absolute atomic E-state index is 0.0279. The van der Waals surface area contributed by atoms with Crippen LogP contribution in [0.25, 0.3) is 27.9 Å². The number of piperazine rings is 1. The first-order valence-electron chi connectivity index (χ1n) is 10.3. The number of carbonyl (C=O) groups is 1. The van der Waals surface area contributed by atoms with Crippen LogP contribution < -0.4 is 10.2 Å². The van der Waals surface area contributed by atoms with E-state index in [4.69, 9.17) is 16.6 Å². The second-order valence-corrected chi connectivity index (χ2v) is 7.87. The molecule has 2 amide bonds. The monoisotopic (exact) mass is 435 g/mol. The van der Waals surface area contributed by atoms with Crippen molar-refractivity contribution in [2.45, 2.75) is 6.92 Å². The highest BCUT2D eigenvalue weighted by molar-refractivity contribution is 6.31. The van der Waals surface area contributed by atoms with Gasteiger partial charge in [-0.1, -0.05) is 41.9 Å². The average Bonchev–Trinajstić information content (AvgIpc) is 3.24. The van der Waals surface area contributed by atoms with E-state index in [0.717, 1.165) is 33.9 Å². The van der Waals surface area contributed by atoms with Gasteiger partial charge in [0.1, 0.15) is 0 Å². The van der Waals surface area contributed by atoms with Gasteiger partial charge in [-0.2, -0.15) is 0 Å². The molecule has 0 aliphatic carbocycles. The van der Waals surface area contributed by atoms with E-state index in [-0.39, 0.29) is 6.03 Å². The number of urea groups is 1. The fourth-order valence-corrected chi connectivity index (χ4v) is 4.12. The zero-order valence-corrected chi connectivity index (χ0v) is 17.9. The predicted octanol–water partition coefficient (Wildman–Crippen LogP) is 3.45. The smallest absolute Gasteiger partial charge is 0.317 e. The Hall–Kier alpha value is -3.39. The molecule has 2 aromatic heterocycles. The van der Waals surface area contributed by atoms with Crippen LogP contribution in [0.1, 0.15) is 6.92 Å². The number of anilines is 1. The number of fused-ring (bicyclic) bond motifs is 3. The van der Waals surface area contributed by atoms with Gasteiger partial charge in [-0.3, -0.25) is 0 Å². The number of benzene rings is 2. The Labute approximate surface area is 184 Å². The molecule has 0 radical (unpaired) electrons. The summed E-state index contributed by atoms with van der Waals surface area (Å²) in [5, 5.41) is 13.4. The number of nitrogens with one attached hydrogen (secondary N) is 1. The van der Waals surface area contributed by atoms with Gasteiger partial charge in [0.05, 0.1) is 5.52 Å². The van der Waals surface area contributed by atoms with Crippen molar-refractivity contribution in [3.8, 4) is 11.4 Å². The summed E-state index contributed by atoms with van der Waals surface area (Å²) < 4.78 is 2.01. The molecule has 0 saturated carbocycles. The number of hydrogen-bond acceptors (Lipinski definition) is 5. The zero-order valence-electron chi connectivity index (χ0n) is 17.1. The van der Waals surface area contributed by atoms with E-state index in [9.17, 15) is 4.79 Å². The lowest BCUT2D eigenvalue weighted by Gasteiger charge is -2.35. The van der Waals surface area contributed by atoms with Crippen LogP contribution >= 0.6 is 11.6 Å². The summed E-state index contributed by atoms with van der Waals surface area (Å²) in [6.45, 7) is 5.10. The van der Waals surface area contributed by atoms with Gasteiger partial charge in [-0.05, 0) is 25.1 Å². The van der Waals surface area contributed by atoms with Crippen LogP contribution in [0, 0.1) is 0 Å². The summed E-state index contributed by atoms with van der Waals surface area (Å²) in [5.74, 6) is 1.49. The van der Waals surface area contributed by atoms with Crippen LogP contribution in [0.2, 0.25) is 5.02 Å². The molecule has 1 aliphatic rings. The van der Waals surface area contributed by atoms with E-state index in [0.29, 0.717) is 37.7 Å². The average molecular weight is 436 g/mol. The summed E-state index contributed by atoms with van der Waals surface area (Å²) in [7, 11) is 0. The van der Waals surface area contributed by atoms with E-state index in [1.165, 1.54) is 0 Å². The molecule has 1 saturated heterocycles. The lowest BCUT2D eigenvalue weighted by Crippen LogP contribution is -2.52. The normalized spacial score (nSPS) is 14.4. The Morgan fingerprint density at radius 1 is 1.06 bits per heavy atom.